The van der Waals surface area contributed by atoms with Gasteiger partial charge in [0, 0.05) is 17.6 Å². The number of hydrogen-bond acceptors (Lipinski definition) is 2. The average Bonchev–Trinajstić information content (AvgIpc) is 2.56. The van der Waals surface area contributed by atoms with Crippen molar-refractivity contribution in [3.8, 4) is 17.3 Å². The summed E-state index contributed by atoms with van der Waals surface area (Å²) >= 11 is 12.0. The molecule has 86 valence electrons. The molecule has 1 aromatic carbocycles. The molecule has 0 aliphatic rings. The van der Waals surface area contributed by atoms with Gasteiger partial charge in [0.15, 0.2) is 5.69 Å². The van der Waals surface area contributed by atoms with Crippen LogP contribution >= 0.6 is 23.2 Å². The van der Waals surface area contributed by atoms with E-state index in [1.807, 2.05) is 18.5 Å². The molecule has 1 heterocycles. The first-order chi connectivity index (χ1) is 8.04. The molecule has 0 N–H and O–H groups in total. The minimum atomic E-state index is 0.370. The number of nitriles is 1. The lowest BCUT2D eigenvalue weighted by molar-refractivity contribution is 0.865. The number of benzene rings is 1. The molecule has 0 unspecified atom stereocenters. The van der Waals surface area contributed by atoms with Crippen LogP contribution in [-0.2, 0) is 7.05 Å². The fourth-order valence-electron chi connectivity index (χ4n) is 1.68. The molecule has 0 aliphatic heterocycles. The van der Waals surface area contributed by atoms with E-state index in [1.165, 1.54) is 0 Å². The summed E-state index contributed by atoms with van der Waals surface area (Å²) in [6.07, 6.45) is 0. The molecule has 2 rings (SSSR count). The van der Waals surface area contributed by atoms with E-state index >= 15 is 0 Å². The number of rotatable bonds is 1. The molecule has 5 heteroatoms. The summed E-state index contributed by atoms with van der Waals surface area (Å²) in [5.74, 6) is 0.766. The molecule has 0 aliphatic carbocycles. The van der Waals surface area contributed by atoms with Crippen molar-refractivity contribution in [2.24, 2.45) is 7.05 Å². The number of aryl methyl sites for hydroxylation is 1. The topological polar surface area (TPSA) is 41.6 Å². The fourth-order valence-corrected chi connectivity index (χ4v) is 2.18. The highest BCUT2D eigenvalue weighted by Crippen LogP contribution is 2.32. The Morgan fingerprint density at radius 2 is 2.06 bits per heavy atom. The summed E-state index contributed by atoms with van der Waals surface area (Å²) < 4.78 is 1.84. The van der Waals surface area contributed by atoms with Gasteiger partial charge in [-0.25, -0.2) is 4.98 Å². The maximum atomic E-state index is 9.07. The number of nitrogens with zero attached hydrogens (tertiary/aromatic N) is 3. The Balaban J connectivity index is 2.73. The number of imidazole rings is 1. The molecule has 0 saturated heterocycles. The third-order valence-electron chi connectivity index (χ3n) is 2.61. The van der Waals surface area contributed by atoms with Crippen LogP contribution in [0.3, 0.4) is 0 Å². The Labute approximate surface area is 109 Å². The molecule has 2 aromatic rings. The van der Waals surface area contributed by atoms with Gasteiger partial charge in [-0.05, 0) is 25.1 Å². The van der Waals surface area contributed by atoms with Gasteiger partial charge in [-0.1, -0.05) is 23.2 Å². The zero-order valence-corrected chi connectivity index (χ0v) is 10.8. The van der Waals surface area contributed by atoms with Gasteiger partial charge in [0.05, 0.1) is 10.7 Å². The minimum Gasteiger partial charge on any atom is -0.330 e. The van der Waals surface area contributed by atoms with Crippen molar-refractivity contribution in [3.63, 3.8) is 0 Å². The Bertz CT molecular complexity index is 623. The third-order valence-corrected chi connectivity index (χ3v) is 3.16. The predicted octanol–water partition coefficient (Wildman–Crippen LogP) is 3.57. The summed E-state index contributed by atoms with van der Waals surface area (Å²) in [6.45, 7) is 1.84. The van der Waals surface area contributed by atoms with Crippen LogP contribution in [-0.4, -0.2) is 9.55 Å². The van der Waals surface area contributed by atoms with Crippen molar-refractivity contribution < 1.29 is 0 Å². The SMILES string of the molecule is Cc1nc(C#N)c(-c2ccc(Cl)cc2Cl)n1C. The first-order valence-electron chi connectivity index (χ1n) is 4.93. The number of aromatic nitrogens is 2. The van der Waals surface area contributed by atoms with E-state index in [0.29, 0.717) is 21.4 Å². The van der Waals surface area contributed by atoms with E-state index in [0.717, 1.165) is 11.4 Å². The molecule has 0 bridgehead atoms. The molecule has 0 spiro atoms. The van der Waals surface area contributed by atoms with Crippen molar-refractivity contribution in [2.75, 3.05) is 0 Å². The van der Waals surface area contributed by atoms with Gasteiger partial charge in [-0.2, -0.15) is 5.26 Å². The molecule has 0 atom stereocenters. The van der Waals surface area contributed by atoms with Crippen LogP contribution in [0.25, 0.3) is 11.3 Å². The molecule has 17 heavy (non-hydrogen) atoms. The van der Waals surface area contributed by atoms with Crippen LogP contribution in [0.2, 0.25) is 10.0 Å². The van der Waals surface area contributed by atoms with Crippen molar-refractivity contribution in [1.29, 1.82) is 5.26 Å². The van der Waals surface area contributed by atoms with Gasteiger partial charge in [0.1, 0.15) is 11.9 Å². The van der Waals surface area contributed by atoms with Crippen LogP contribution in [0.4, 0.5) is 0 Å². The van der Waals surface area contributed by atoms with Gasteiger partial charge in [0.25, 0.3) is 0 Å². The summed E-state index contributed by atoms with van der Waals surface area (Å²) in [5, 5.41) is 10.1. The van der Waals surface area contributed by atoms with E-state index in [1.54, 1.807) is 18.2 Å². The Morgan fingerprint density at radius 1 is 1.35 bits per heavy atom. The molecule has 0 fully saturated rings. The summed E-state index contributed by atoms with van der Waals surface area (Å²) in [5.41, 5.74) is 1.84. The maximum absolute atomic E-state index is 9.07. The van der Waals surface area contributed by atoms with Crippen molar-refractivity contribution in [2.45, 2.75) is 6.92 Å². The van der Waals surface area contributed by atoms with Crippen LogP contribution in [0.5, 0.6) is 0 Å². The summed E-state index contributed by atoms with van der Waals surface area (Å²) in [4.78, 5) is 4.18. The normalized spacial score (nSPS) is 10.3. The predicted molar refractivity (Wildman–Crippen MR) is 68.1 cm³/mol. The largest absolute Gasteiger partial charge is 0.330 e. The van der Waals surface area contributed by atoms with Crippen molar-refractivity contribution >= 4 is 23.2 Å². The lowest BCUT2D eigenvalue weighted by Crippen LogP contribution is -1.95. The molecule has 0 amide bonds. The molecule has 1 aromatic heterocycles. The van der Waals surface area contributed by atoms with Gasteiger partial charge < -0.3 is 4.57 Å². The second-order valence-electron chi connectivity index (χ2n) is 3.65. The zero-order chi connectivity index (χ0) is 12.6. The lowest BCUT2D eigenvalue weighted by Gasteiger charge is -2.06. The monoisotopic (exact) mass is 265 g/mol. The molecular formula is C12H9Cl2N3. The second-order valence-corrected chi connectivity index (χ2v) is 4.49. The summed E-state index contributed by atoms with van der Waals surface area (Å²) in [6, 6.07) is 7.26. The quantitative estimate of drug-likeness (QED) is 0.791. The Hall–Kier alpha value is -1.50. The second kappa shape index (κ2) is 4.40. The summed E-state index contributed by atoms with van der Waals surface area (Å²) in [7, 11) is 1.85. The zero-order valence-electron chi connectivity index (χ0n) is 9.33. The van der Waals surface area contributed by atoms with E-state index < -0.39 is 0 Å². The third kappa shape index (κ3) is 2.02. The molecule has 0 radical (unpaired) electrons. The van der Waals surface area contributed by atoms with E-state index in [4.69, 9.17) is 28.5 Å². The van der Waals surface area contributed by atoms with Crippen LogP contribution in [0.1, 0.15) is 11.5 Å². The number of hydrogen-bond donors (Lipinski definition) is 0. The van der Waals surface area contributed by atoms with E-state index in [2.05, 4.69) is 11.1 Å². The Kier molecular flexibility index (Phi) is 3.10. The number of halogens is 2. The maximum Gasteiger partial charge on any atom is 0.166 e. The van der Waals surface area contributed by atoms with Gasteiger partial charge >= 0.3 is 0 Å². The standard InChI is InChI=1S/C12H9Cl2N3/c1-7-16-11(6-15)12(17(7)2)9-4-3-8(13)5-10(9)14/h3-5H,1-2H3. The van der Waals surface area contributed by atoms with Crippen LogP contribution in [0.15, 0.2) is 18.2 Å². The van der Waals surface area contributed by atoms with Crippen molar-refractivity contribution in [1.82, 2.24) is 9.55 Å². The highest BCUT2D eigenvalue weighted by atomic mass is 35.5. The minimum absolute atomic E-state index is 0.370. The average molecular weight is 266 g/mol. The highest BCUT2D eigenvalue weighted by Gasteiger charge is 2.16. The molecular weight excluding hydrogens is 257 g/mol. The molecule has 3 nitrogen and oxygen atoms in total. The van der Waals surface area contributed by atoms with Crippen molar-refractivity contribution in [3.05, 3.63) is 39.8 Å². The first-order valence-corrected chi connectivity index (χ1v) is 5.69. The first kappa shape index (κ1) is 12.0. The van der Waals surface area contributed by atoms with Gasteiger partial charge in [-0.3, -0.25) is 0 Å². The smallest absolute Gasteiger partial charge is 0.166 e. The fraction of sp³-hybridized carbons (Fsp3) is 0.167. The van der Waals surface area contributed by atoms with Crippen LogP contribution in [0, 0.1) is 18.3 Å². The van der Waals surface area contributed by atoms with Gasteiger partial charge in [0.2, 0.25) is 0 Å². The lowest BCUT2D eigenvalue weighted by atomic mass is 10.1. The molecule has 0 saturated carbocycles. The highest BCUT2D eigenvalue weighted by molar-refractivity contribution is 6.36. The Morgan fingerprint density at radius 3 is 2.65 bits per heavy atom. The van der Waals surface area contributed by atoms with E-state index in [9.17, 15) is 0 Å². The van der Waals surface area contributed by atoms with Gasteiger partial charge in [-0.15, -0.1) is 0 Å². The van der Waals surface area contributed by atoms with Crippen LogP contribution < -0.4 is 0 Å². The van der Waals surface area contributed by atoms with E-state index in [-0.39, 0.29) is 0 Å².